The average Bonchev–Trinajstić information content (AvgIpc) is 3.20. The molecule has 2 aromatic heterocycles. The normalized spacial score (nSPS) is 15.3. The van der Waals surface area contributed by atoms with Gasteiger partial charge in [0.15, 0.2) is 0 Å². The van der Waals surface area contributed by atoms with Gasteiger partial charge in [-0.25, -0.2) is 4.98 Å². The molecule has 5 nitrogen and oxygen atoms in total. The van der Waals surface area contributed by atoms with Crippen LogP contribution in [0.2, 0.25) is 0 Å². The highest BCUT2D eigenvalue weighted by atomic mass is 32.2. The number of likely N-dealkylation sites (tertiary alicyclic amines) is 1. The molecular weight excluding hydrogens is 440 g/mol. The Labute approximate surface area is 205 Å². The Morgan fingerprint density at radius 3 is 2.76 bits per heavy atom. The molecule has 6 heteroatoms. The molecule has 1 fully saturated rings. The summed E-state index contributed by atoms with van der Waals surface area (Å²) in [7, 11) is 2.14. The second-order valence-corrected chi connectivity index (χ2v) is 10.7. The van der Waals surface area contributed by atoms with E-state index >= 15 is 0 Å². The predicted molar refractivity (Wildman–Crippen MR) is 143 cm³/mol. The molecule has 0 atom stereocenters. The Bertz CT molecular complexity index is 1370. The smallest absolute Gasteiger partial charge is 0.251 e. The number of benzene rings is 2. The first kappa shape index (κ1) is 22.9. The summed E-state index contributed by atoms with van der Waals surface area (Å²) in [6.07, 6.45) is 3.86. The number of amides is 1. The number of thioether (sulfide) groups is 1. The van der Waals surface area contributed by atoms with E-state index in [1.165, 1.54) is 4.90 Å². The topological polar surface area (TPSA) is 61.0 Å². The molecule has 1 saturated heterocycles. The van der Waals surface area contributed by atoms with Crippen molar-refractivity contribution in [1.29, 1.82) is 0 Å². The highest BCUT2D eigenvalue weighted by Gasteiger charge is 2.23. The molecule has 0 spiro atoms. The van der Waals surface area contributed by atoms with E-state index in [9.17, 15) is 4.79 Å². The van der Waals surface area contributed by atoms with Crippen molar-refractivity contribution in [3.8, 4) is 11.1 Å². The molecule has 1 amide bonds. The maximum Gasteiger partial charge on any atom is 0.251 e. The summed E-state index contributed by atoms with van der Waals surface area (Å²) in [5.74, 6) is 1.03. The van der Waals surface area contributed by atoms with Gasteiger partial charge in [0.2, 0.25) is 0 Å². The van der Waals surface area contributed by atoms with Crippen molar-refractivity contribution in [3.05, 3.63) is 59.3 Å². The van der Waals surface area contributed by atoms with E-state index in [1.54, 1.807) is 0 Å². The Morgan fingerprint density at radius 1 is 1.21 bits per heavy atom. The molecule has 4 aromatic rings. The summed E-state index contributed by atoms with van der Waals surface area (Å²) in [6, 6.07) is 13.1. The third-order valence-electron chi connectivity index (χ3n) is 6.88. The summed E-state index contributed by atoms with van der Waals surface area (Å²) in [4.78, 5) is 25.3. The summed E-state index contributed by atoms with van der Waals surface area (Å²) in [5.41, 5.74) is 6.88. The van der Waals surface area contributed by atoms with Gasteiger partial charge in [0, 0.05) is 33.5 Å². The number of pyridine rings is 1. The van der Waals surface area contributed by atoms with Crippen LogP contribution in [0.5, 0.6) is 0 Å². The first-order chi connectivity index (χ1) is 16.4. The lowest BCUT2D eigenvalue weighted by molar-refractivity contribution is 0.0916. The third kappa shape index (κ3) is 4.32. The Kier molecular flexibility index (Phi) is 6.36. The van der Waals surface area contributed by atoms with E-state index in [0.29, 0.717) is 0 Å². The number of carbonyl (C=O) groups is 1. The number of piperidine rings is 1. The third-order valence-corrected chi connectivity index (χ3v) is 7.75. The van der Waals surface area contributed by atoms with Crippen molar-refractivity contribution in [2.75, 3.05) is 25.9 Å². The molecule has 2 aromatic carbocycles. The van der Waals surface area contributed by atoms with Gasteiger partial charge in [-0.2, -0.15) is 0 Å². The summed E-state index contributed by atoms with van der Waals surface area (Å²) >= 11 is 1.83. The van der Waals surface area contributed by atoms with Crippen LogP contribution in [-0.4, -0.2) is 52.7 Å². The quantitative estimate of drug-likeness (QED) is 0.353. The minimum atomic E-state index is 0.0112. The zero-order valence-corrected chi connectivity index (χ0v) is 21.2. The molecule has 0 bridgehead atoms. The van der Waals surface area contributed by atoms with Crippen LogP contribution < -0.4 is 5.32 Å². The summed E-state index contributed by atoms with van der Waals surface area (Å²) < 4.78 is 0. The zero-order valence-electron chi connectivity index (χ0n) is 20.4. The van der Waals surface area contributed by atoms with Crippen LogP contribution >= 0.6 is 11.8 Å². The van der Waals surface area contributed by atoms with Crippen molar-refractivity contribution in [2.45, 2.75) is 44.6 Å². The van der Waals surface area contributed by atoms with Gasteiger partial charge in [0.25, 0.3) is 5.91 Å². The lowest BCUT2D eigenvalue weighted by Crippen LogP contribution is -2.43. The number of nitrogens with one attached hydrogen (secondary N) is 2. The number of aryl methyl sites for hydroxylation is 2. The fourth-order valence-corrected chi connectivity index (χ4v) is 5.71. The van der Waals surface area contributed by atoms with Gasteiger partial charge in [-0.15, -0.1) is 11.8 Å². The van der Waals surface area contributed by atoms with Crippen molar-refractivity contribution in [3.63, 3.8) is 0 Å². The van der Waals surface area contributed by atoms with Gasteiger partial charge in [-0.1, -0.05) is 19.1 Å². The van der Waals surface area contributed by atoms with Crippen molar-refractivity contribution < 1.29 is 4.79 Å². The maximum atomic E-state index is 13.5. The molecule has 2 N–H and O–H groups in total. The first-order valence-corrected chi connectivity index (χ1v) is 13.1. The fraction of sp³-hybridized carbons (Fsp3) is 0.357. The van der Waals surface area contributed by atoms with Crippen LogP contribution in [0.4, 0.5) is 0 Å². The van der Waals surface area contributed by atoms with E-state index in [1.807, 2.05) is 24.9 Å². The molecule has 34 heavy (non-hydrogen) atoms. The van der Waals surface area contributed by atoms with Crippen LogP contribution in [0.25, 0.3) is 33.1 Å². The number of aromatic nitrogens is 2. The predicted octanol–water partition coefficient (Wildman–Crippen LogP) is 5.94. The van der Waals surface area contributed by atoms with Gasteiger partial charge in [0.05, 0.1) is 5.52 Å². The summed E-state index contributed by atoms with van der Waals surface area (Å²) in [5, 5.41) is 5.55. The van der Waals surface area contributed by atoms with Crippen LogP contribution in [0, 0.1) is 13.8 Å². The van der Waals surface area contributed by atoms with Gasteiger partial charge in [0.1, 0.15) is 5.65 Å². The van der Waals surface area contributed by atoms with Crippen molar-refractivity contribution >= 4 is 39.6 Å². The number of carbonyl (C=O) groups excluding carboxylic acids is 1. The Balaban J connectivity index is 1.67. The van der Waals surface area contributed by atoms with E-state index in [2.05, 4.69) is 77.5 Å². The van der Waals surface area contributed by atoms with E-state index in [4.69, 9.17) is 0 Å². The van der Waals surface area contributed by atoms with Crippen LogP contribution in [0.15, 0.2) is 47.5 Å². The first-order valence-electron chi connectivity index (χ1n) is 12.1. The fourth-order valence-electron chi connectivity index (χ4n) is 5.00. The van der Waals surface area contributed by atoms with E-state index < -0.39 is 0 Å². The molecular formula is C28H32N4OS. The van der Waals surface area contributed by atoms with Crippen LogP contribution in [0.3, 0.4) is 0 Å². The SMILES string of the molecule is CCSc1cccc(-c2cc(C(=O)NC3CCN(C)CC3)c(C)c3[nH]c4ncc(C)cc4c23)c1. The van der Waals surface area contributed by atoms with Gasteiger partial charge in [-0.3, -0.25) is 4.79 Å². The van der Waals surface area contributed by atoms with Crippen LogP contribution in [-0.2, 0) is 0 Å². The number of hydrogen-bond donors (Lipinski definition) is 2. The molecule has 0 unspecified atom stereocenters. The molecule has 176 valence electrons. The molecule has 3 heterocycles. The zero-order chi connectivity index (χ0) is 23.8. The van der Waals surface area contributed by atoms with E-state index in [0.717, 1.165) is 81.4 Å². The average molecular weight is 473 g/mol. The van der Waals surface area contributed by atoms with Gasteiger partial charge >= 0.3 is 0 Å². The molecule has 5 rings (SSSR count). The molecule has 1 aliphatic heterocycles. The molecule has 0 aliphatic carbocycles. The lowest BCUT2D eigenvalue weighted by atomic mass is 9.93. The number of fused-ring (bicyclic) bond motifs is 3. The number of H-pyrrole nitrogens is 1. The number of rotatable bonds is 5. The largest absolute Gasteiger partial charge is 0.349 e. The lowest BCUT2D eigenvalue weighted by Gasteiger charge is -2.29. The Morgan fingerprint density at radius 2 is 2.00 bits per heavy atom. The van der Waals surface area contributed by atoms with Crippen molar-refractivity contribution in [2.24, 2.45) is 0 Å². The highest BCUT2D eigenvalue weighted by Crippen LogP contribution is 2.38. The van der Waals surface area contributed by atoms with Crippen molar-refractivity contribution in [1.82, 2.24) is 20.2 Å². The maximum absolute atomic E-state index is 13.5. The molecule has 1 aliphatic rings. The van der Waals surface area contributed by atoms with Gasteiger partial charge in [-0.05, 0) is 99.1 Å². The summed E-state index contributed by atoms with van der Waals surface area (Å²) in [6.45, 7) is 8.31. The van der Waals surface area contributed by atoms with E-state index in [-0.39, 0.29) is 11.9 Å². The monoisotopic (exact) mass is 472 g/mol. The number of aromatic amines is 1. The molecule has 0 radical (unpaired) electrons. The minimum Gasteiger partial charge on any atom is -0.349 e. The minimum absolute atomic E-state index is 0.0112. The highest BCUT2D eigenvalue weighted by molar-refractivity contribution is 7.99. The van der Waals surface area contributed by atoms with Crippen LogP contribution in [0.1, 0.15) is 41.3 Å². The number of hydrogen-bond acceptors (Lipinski definition) is 4. The second-order valence-electron chi connectivity index (χ2n) is 9.39. The molecule has 0 saturated carbocycles. The Hall–Kier alpha value is -2.83. The number of nitrogens with zero attached hydrogens (tertiary/aromatic N) is 2. The van der Waals surface area contributed by atoms with Gasteiger partial charge < -0.3 is 15.2 Å². The standard InChI is InChI=1S/C28H32N4OS/c1-5-34-21-8-6-7-19(14-21)23-15-22(28(33)30-20-9-11-32(4)12-10-20)18(3)26-25(23)24-13-17(2)16-29-27(24)31-26/h6-8,13-16,20H,5,9-12H2,1-4H3,(H,29,31)(H,30,33). The second kappa shape index (κ2) is 9.43.